The lowest BCUT2D eigenvalue weighted by molar-refractivity contribution is -0.872. The Balaban J connectivity index is 2.32. The van der Waals surface area contributed by atoms with E-state index >= 15 is 0 Å². The van der Waals surface area contributed by atoms with E-state index < -0.39 is 5.97 Å². The molecule has 0 aliphatic carbocycles. The zero-order chi connectivity index (χ0) is 14.7. The standard InChI is InChI=1S/C16H18N2O2/c1-18(2)10-11-3-5-12(6-4-11)13-7-8-15(17)14(9-13)16(19)20/h3-9H,10,17H2,1-2H3,(H,19,20). The Hall–Kier alpha value is -2.33. The van der Waals surface area contributed by atoms with E-state index in [9.17, 15) is 9.90 Å². The highest BCUT2D eigenvalue weighted by Crippen LogP contribution is 2.23. The van der Waals surface area contributed by atoms with Crippen LogP contribution >= 0.6 is 0 Å². The Morgan fingerprint density at radius 3 is 2.25 bits per heavy atom. The highest BCUT2D eigenvalue weighted by molar-refractivity contribution is 5.93. The van der Waals surface area contributed by atoms with Crippen LogP contribution in [0.25, 0.3) is 11.1 Å². The molecule has 0 spiro atoms. The predicted molar refractivity (Wildman–Crippen MR) is 77.1 cm³/mol. The van der Waals surface area contributed by atoms with Gasteiger partial charge in [-0.15, -0.1) is 0 Å². The van der Waals surface area contributed by atoms with E-state index in [4.69, 9.17) is 5.73 Å². The molecule has 0 aliphatic heterocycles. The summed E-state index contributed by atoms with van der Waals surface area (Å²) in [5.41, 5.74) is 8.90. The second-order valence-corrected chi connectivity index (χ2v) is 5.17. The lowest BCUT2D eigenvalue weighted by Gasteiger charge is -2.11. The summed E-state index contributed by atoms with van der Waals surface area (Å²) in [6, 6.07) is 13.0. The summed E-state index contributed by atoms with van der Waals surface area (Å²) in [6.45, 7) is 0.951. The van der Waals surface area contributed by atoms with Crippen LogP contribution in [0.2, 0.25) is 0 Å². The summed E-state index contributed by atoms with van der Waals surface area (Å²) in [5.74, 6) is -1.25. The number of aromatic carboxylic acids is 1. The second kappa shape index (κ2) is 5.75. The fraction of sp³-hybridized carbons (Fsp3) is 0.188. The molecular formula is C16H18N2O2. The molecule has 20 heavy (non-hydrogen) atoms. The molecule has 3 N–H and O–H groups in total. The number of anilines is 1. The first kappa shape index (κ1) is 14.1. The predicted octanol–water partition coefficient (Wildman–Crippen LogP) is -0.0562. The minimum Gasteiger partial charge on any atom is -0.545 e. The van der Waals surface area contributed by atoms with Gasteiger partial charge in [0.1, 0.15) is 6.54 Å². The molecule has 0 unspecified atom stereocenters. The van der Waals surface area contributed by atoms with Crippen molar-refractivity contribution >= 4 is 11.7 Å². The topological polar surface area (TPSA) is 70.6 Å². The Bertz CT molecular complexity index is 619. The Kier molecular flexibility index (Phi) is 4.05. The molecule has 2 aromatic carbocycles. The van der Waals surface area contributed by atoms with E-state index in [1.54, 1.807) is 12.1 Å². The molecule has 104 valence electrons. The largest absolute Gasteiger partial charge is 0.545 e. The number of carbonyl (C=O) groups is 1. The number of carboxylic acid groups (broad SMARTS) is 1. The van der Waals surface area contributed by atoms with Crippen molar-refractivity contribution in [2.24, 2.45) is 0 Å². The van der Waals surface area contributed by atoms with Gasteiger partial charge in [-0.3, -0.25) is 0 Å². The number of hydrogen-bond donors (Lipinski definition) is 2. The first-order chi connectivity index (χ1) is 9.47. The van der Waals surface area contributed by atoms with Crippen LogP contribution in [0.15, 0.2) is 42.5 Å². The molecule has 4 heteroatoms. The van der Waals surface area contributed by atoms with E-state index in [0.717, 1.165) is 17.7 Å². The van der Waals surface area contributed by atoms with Gasteiger partial charge >= 0.3 is 0 Å². The molecule has 0 saturated heterocycles. The van der Waals surface area contributed by atoms with Crippen molar-refractivity contribution in [3.63, 3.8) is 0 Å². The quantitative estimate of drug-likeness (QED) is 0.765. The molecular weight excluding hydrogens is 252 g/mol. The summed E-state index contributed by atoms with van der Waals surface area (Å²) < 4.78 is 0. The maximum absolute atomic E-state index is 11.0. The van der Waals surface area contributed by atoms with Gasteiger partial charge in [-0.2, -0.15) is 0 Å². The van der Waals surface area contributed by atoms with Gasteiger partial charge in [0.15, 0.2) is 0 Å². The van der Waals surface area contributed by atoms with Crippen molar-refractivity contribution in [3.8, 4) is 11.1 Å². The van der Waals surface area contributed by atoms with Crippen LogP contribution in [-0.4, -0.2) is 20.1 Å². The number of carbonyl (C=O) groups excluding carboxylic acids is 1. The van der Waals surface area contributed by atoms with E-state index in [1.807, 2.05) is 18.2 Å². The van der Waals surface area contributed by atoms with Crippen molar-refractivity contribution in [3.05, 3.63) is 53.6 Å². The smallest absolute Gasteiger partial charge is 0.102 e. The minimum absolute atomic E-state index is 0.0318. The molecule has 2 rings (SSSR count). The third kappa shape index (κ3) is 3.16. The van der Waals surface area contributed by atoms with Crippen LogP contribution < -0.4 is 15.7 Å². The van der Waals surface area contributed by atoms with Gasteiger partial charge in [-0.05, 0) is 23.3 Å². The monoisotopic (exact) mass is 270 g/mol. The van der Waals surface area contributed by atoms with Crippen LogP contribution in [0.4, 0.5) is 5.69 Å². The van der Waals surface area contributed by atoms with E-state index in [-0.39, 0.29) is 11.3 Å². The van der Waals surface area contributed by atoms with Crippen molar-refractivity contribution in [1.29, 1.82) is 0 Å². The molecule has 0 radical (unpaired) electrons. The van der Waals surface area contributed by atoms with Gasteiger partial charge in [0, 0.05) is 16.8 Å². The second-order valence-electron chi connectivity index (χ2n) is 5.17. The first-order valence-corrected chi connectivity index (χ1v) is 6.46. The lowest BCUT2D eigenvalue weighted by atomic mass is 10.0. The minimum atomic E-state index is -1.25. The first-order valence-electron chi connectivity index (χ1n) is 6.46. The number of carboxylic acids is 1. The fourth-order valence-electron chi connectivity index (χ4n) is 2.14. The number of rotatable bonds is 4. The number of nitrogens with two attached hydrogens (primary N) is 1. The molecule has 0 bridgehead atoms. The highest BCUT2D eigenvalue weighted by atomic mass is 16.4. The third-order valence-electron chi connectivity index (χ3n) is 3.12. The van der Waals surface area contributed by atoms with E-state index in [0.29, 0.717) is 0 Å². The van der Waals surface area contributed by atoms with Crippen molar-refractivity contribution < 1.29 is 14.8 Å². The molecule has 0 amide bonds. The van der Waals surface area contributed by atoms with Crippen LogP contribution in [0.3, 0.4) is 0 Å². The normalized spacial score (nSPS) is 10.8. The van der Waals surface area contributed by atoms with Gasteiger partial charge in [0.05, 0.1) is 20.1 Å². The van der Waals surface area contributed by atoms with Crippen molar-refractivity contribution in [1.82, 2.24) is 0 Å². The molecule has 0 atom stereocenters. The van der Waals surface area contributed by atoms with Gasteiger partial charge in [-0.25, -0.2) is 0 Å². The zero-order valence-corrected chi connectivity index (χ0v) is 11.6. The Morgan fingerprint density at radius 1 is 1.10 bits per heavy atom. The number of nitrogen functional groups attached to an aromatic ring is 1. The summed E-state index contributed by atoms with van der Waals surface area (Å²) in [4.78, 5) is 12.3. The summed E-state index contributed by atoms with van der Waals surface area (Å²) >= 11 is 0. The molecule has 0 aromatic heterocycles. The van der Waals surface area contributed by atoms with Gasteiger partial charge < -0.3 is 20.5 Å². The lowest BCUT2D eigenvalue weighted by Crippen LogP contribution is -3.04. The maximum atomic E-state index is 11.0. The number of hydrogen-bond acceptors (Lipinski definition) is 3. The van der Waals surface area contributed by atoms with Crippen molar-refractivity contribution in [2.45, 2.75) is 6.54 Å². The van der Waals surface area contributed by atoms with Gasteiger partial charge in [-0.1, -0.05) is 30.3 Å². The molecule has 0 heterocycles. The van der Waals surface area contributed by atoms with Gasteiger partial charge in [0.2, 0.25) is 0 Å². The zero-order valence-electron chi connectivity index (χ0n) is 11.6. The molecule has 4 nitrogen and oxygen atoms in total. The van der Waals surface area contributed by atoms with E-state index in [1.165, 1.54) is 10.5 Å². The molecule has 0 aliphatic rings. The van der Waals surface area contributed by atoms with Gasteiger partial charge in [0.25, 0.3) is 0 Å². The Morgan fingerprint density at radius 2 is 1.70 bits per heavy atom. The summed E-state index contributed by atoms with van der Waals surface area (Å²) in [7, 11) is 4.19. The number of benzene rings is 2. The molecule has 0 saturated carbocycles. The van der Waals surface area contributed by atoms with Crippen LogP contribution in [-0.2, 0) is 6.54 Å². The maximum Gasteiger partial charge on any atom is 0.102 e. The average Bonchev–Trinajstić information content (AvgIpc) is 2.39. The third-order valence-corrected chi connectivity index (χ3v) is 3.12. The summed E-state index contributed by atoms with van der Waals surface area (Å²) in [6.07, 6.45) is 0. The number of nitrogens with one attached hydrogen (secondary N) is 1. The molecule has 2 aromatic rings. The fourth-order valence-corrected chi connectivity index (χ4v) is 2.14. The SMILES string of the molecule is C[NH+](C)Cc1ccc(-c2ccc(N)c(C(=O)[O-])c2)cc1. The average molecular weight is 270 g/mol. The van der Waals surface area contributed by atoms with Crippen LogP contribution in [0, 0.1) is 0 Å². The van der Waals surface area contributed by atoms with Crippen LogP contribution in [0.1, 0.15) is 15.9 Å². The highest BCUT2D eigenvalue weighted by Gasteiger charge is 2.05. The number of quaternary nitrogens is 1. The van der Waals surface area contributed by atoms with Crippen LogP contribution in [0.5, 0.6) is 0 Å². The van der Waals surface area contributed by atoms with E-state index in [2.05, 4.69) is 26.2 Å². The Labute approximate surface area is 118 Å². The summed E-state index contributed by atoms with van der Waals surface area (Å²) in [5, 5.41) is 11.0. The molecule has 0 fully saturated rings. The van der Waals surface area contributed by atoms with Crippen molar-refractivity contribution in [2.75, 3.05) is 19.8 Å².